The molecule has 0 aliphatic rings. The van der Waals surface area contributed by atoms with E-state index in [0.717, 1.165) is 0 Å². The first-order valence-corrected chi connectivity index (χ1v) is 2.74. The van der Waals surface area contributed by atoms with Crippen molar-refractivity contribution in [1.82, 2.24) is 12.3 Å². The molecule has 0 bridgehead atoms. The topological polar surface area (TPSA) is 404 Å². The monoisotopic (exact) mass is 511 g/mol. The molecule has 0 heterocycles. The fourth-order valence-corrected chi connectivity index (χ4v) is 0. The second-order valence-electron chi connectivity index (χ2n) is 1.12. The van der Waals surface area contributed by atoms with Gasteiger partial charge in [-0.1, -0.05) is 0 Å². The second kappa shape index (κ2) is 42.7. The van der Waals surface area contributed by atoms with Gasteiger partial charge in [-0.3, -0.25) is 0 Å². The Labute approximate surface area is 152 Å². The molecular weight excluding hydrogens is 503 g/mol. The minimum absolute atomic E-state index is 0. The molecule has 0 amide bonds. The molecule has 0 saturated carbocycles. The van der Waals surface area contributed by atoms with Crippen LogP contribution in [-0.4, -0.2) is 25.4 Å². The van der Waals surface area contributed by atoms with Crippen LogP contribution in [0.3, 0.4) is 0 Å². The summed E-state index contributed by atoms with van der Waals surface area (Å²) in [6, 6.07) is 0. The zero-order chi connectivity index (χ0) is 17.9. The Balaban J connectivity index is -0.0000000197. The quantitative estimate of drug-likeness (QED) is 0.236. The average molecular weight is 511 g/mol. The summed E-state index contributed by atoms with van der Waals surface area (Å²) in [7, 11) is 0. The van der Waals surface area contributed by atoms with E-state index < -0.39 is 25.4 Å². The summed E-state index contributed by atoms with van der Waals surface area (Å²) in [5, 5.41) is 73.8. The zero-order valence-electron chi connectivity index (χ0n) is 10.7. The Morgan fingerprint density at radius 3 is 0.348 bits per heavy atom. The van der Waals surface area contributed by atoms with Gasteiger partial charge in [-0.25, -0.2) is 0 Å². The molecule has 0 atom stereocenters. The Hall–Kier alpha value is -2.82. The molecule has 8 N–H and O–H groups in total. The predicted octanol–water partition coefficient (Wildman–Crippen LogP) is -0.443. The molecule has 22 nitrogen and oxygen atoms in total. The first-order chi connectivity index (χ1) is 8.66. The molecule has 0 rings (SSSR count). The van der Waals surface area contributed by atoms with E-state index in [1.54, 1.807) is 0 Å². The van der Waals surface area contributed by atoms with Gasteiger partial charge in [0.25, 0.3) is 0 Å². The summed E-state index contributed by atoms with van der Waals surface area (Å²) in [6.07, 6.45) is 0. The van der Waals surface area contributed by atoms with Crippen molar-refractivity contribution >= 4 is 0 Å². The van der Waals surface area contributed by atoms with Crippen molar-refractivity contribution in [1.29, 1.82) is 0 Å². The summed E-state index contributed by atoms with van der Waals surface area (Å²) in [5.41, 5.74) is 0. The molecule has 23 heteroatoms. The van der Waals surface area contributed by atoms with Crippen molar-refractivity contribution in [2.75, 3.05) is 0 Å². The molecular formula is H8HoN7O15. The van der Waals surface area contributed by atoms with Gasteiger partial charge in [0.05, 0.1) is 25.4 Å². The van der Waals surface area contributed by atoms with Crippen LogP contribution in [0, 0.1) is 114 Å². The van der Waals surface area contributed by atoms with Crippen molar-refractivity contribution in [2.45, 2.75) is 0 Å². The van der Waals surface area contributed by atoms with Crippen LogP contribution in [0.5, 0.6) is 0 Å². The maximum absolute atomic E-state index is 8.25. The minimum Gasteiger partial charge on any atom is -0.369 e. The van der Waals surface area contributed by atoms with Crippen LogP contribution in [0.2, 0.25) is 0 Å². The molecule has 0 aliphatic carbocycles. The molecule has 0 fully saturated rings. The summed E-state index contributed by atoms with van der Waals surface area (Å²) < 4.78 is 0. The summed E-state index contributed by atoms with van der Waals surface area (Å²) in [4.78, 5) is 41.2. The normalized spacial score (nSPS) is 5.22. The van der Waals surface area contributed by atoms with Crippen LogP contribution < -0.4 is 12.3 Å². The van der Waals surface area contributed by atoms with Gasteiger partial charge in [0.15, 0.2) is 0 Å². The molecule has 0 spiro atoms. The Bertz CT molecular complexity index is 211. The van der Waals surface area contributed by atoms with Gasteiger partial charge in [-0.05, 0) is 0 Å². The maximum Gasteiger partial charge on any atom is 3.00 e. The first kappa shape index (κ1) is 50.0. The second-order valence-corrected chi connectivity index (χ2v) is 1.12. The van der Waals surface area contributed by atoms with E-state index in [0.29, 0.717) is 0 Å². The molecule has 0 radical (unpaired) electrons. The molecule has 23 heavy (non-hydrogen) atoms. The summed E-state index contributed by atoms with van der Waals surface area (Å²) >= 11 is 0. The van der Waals surface area contributed by atoms with E-state index in [2.05, 4.69) is 0 Å². The first-order valence-electron chi connectivity index (χ1n) is 2.74. The SMILES string of the molecule is O=[N+]([O-])[O-].O=[N+]([O-])[O-].O=[N+]([O-])[O-].O=[N+]([O-])[O-].O=[N+]([O-])[O-].[Ho+3].[NH4+].[NH4+]. The van der Waals surface area contributed by atoms with Gasteiger partial charge in [-0.2, -0.15) is 0 Å². The fourth-order valence-electron chi connectivity index (χ4n) is 0. The molecule has 0 saturated heterocycles. The van der Waals surface area contributed by atoms with Crippen molar-refractivity contribution in [3.63, 3.8) is 0 Å². The van der Waals surface area contributed by atoms with Gasteiger partial charge >= 0.3 is 37.7 Å². The van der Waals surface area contributed by atoms with Crippen LogP contribution in [-0.2, 0) is 0 Å². The van der Waals surface area contributed by atoms with Crippen LogP contribution in [0.1, 0.15) is 0 Å². The predicted molar refractivity (Wildman–Crippen MR) is 63.8 cm³/mol. The Morgan fingerprint density at radius 1 is 0.348 bits per heavy atom. The van der Waals surface area contributed by atoms with Gasteiger partial charge in [0, 0.05) is 0 Å². The standard InChI is InChI=1S/Ho.5NO3.2H3N/c;5*2-1(3)4;;/h;;;;;;2*1H3/q+3;5*-1;;/p+2. The summed E-state index contributed by atoms with van der Waals surface area (Å²) in [6.45, 7) is 0. The van der Waals surface area contributed by atoms with Gasteiger partial charge in [0.2, 0.25) is 0 Å². The minimum atomic E-state index is -1.75. The molecule has 144 valence electrons. The van der Waals surface area contributed by atoms with Crippen LogP contribution in [0.25, 0.3) is 0 Å². The zero-order valence-corrected chi connectivity index (χ0v) is 12.6. The maximum atomic E-state index is 8.25. The van der Waals surface area contributed by atoms with Crippen molar-refractivity contribution in [3.8, 4) is 0 Å². The van der Waals surface area contributed by atoms with Crippen molar-refractivity contribution < 1.29 is 63.2 Å². The van der Waals surface area contributed by atoms with Gasteiger partial charge in [-0.15, -0.1) is 0 Å². The third kappa shape index (κ3) is 712. The number of hydrogen-bond acceptors (Lipinski definition) is 15. The van der Waals surface area contributed by atoms with E-state index in [9.17, 15) is 0 Å². The largest absolute Gasteiger partial charge is 3.00 e. The smallest absolute Gasteiger partial charge is 0.369 e. The molecule has 0 unspecified atom stereocenters. The Morgan fingerprint density at radius 2 is 0.348 bits per heavy atom. The number of hydrogen-bond donors (Lipinski definition) is 2. The molecule has 0 aromatic heterocycles. The molecule has 0 aromatic rings. The third-order valence-corrected chi connectivity index (χ3v) is 0. The average Bonchev–Trinajstić information content (AvgIpc) is 1.94. The summed E-state index contributed by atoms with van der Waals surface area (Å²) in [5.74, 6) is 0. The van der Waals surface area contributed by atoms with Gasteiger partial charge < -0.3 is 88.9 Å². The van der Waals surface area contributed by atoms with Crippen LogP contribution in [0.15, 0.2) is 0 Å². The fraction of sp³-hybridized carbons (Fsp3) is 0. The van der Waals surface area contributed by atoms with Crippen LogP contribution >= 0.6 is 0 Å². The van der Waals surface area contributed by atoms with E-state index in [1.807, 2.05) is 0 Å². The Kier molecular flexibility index (Phi) is 93.0. The number of nitrogens with zero attached hydrogens (tertiary/aromatic N) is 5. The van der Waals surface area contributed by atoms with E-state index in [4.69, 9.17) is 76.6 Å². The molecule has 0 aromatic carbocycles. The molecule has 0 aliphatic heterocycles. The van der Waals surface area contributed by atoms with Crippen LogP contribution in [0.4, 0.5) is 0 Å². The van der Waals surface area contributed by atoms with Gasteiger partial charge in [0.1, 0.15) is 0 Å². The van der Waals surface area contributed by atoms with E-state index >= 15 is 0 Å². The van der Waals surface area contributed by atoms with Crippen molar-refractivity contribution in [2.24, 2.45) is 0 Å². The third-order valence-electron chi connectivity index (χ3n) is 0. The van der Waals surface area contributed by atoms with Crippen molar-refractivity contribution in [3.05, 3.63) is 76.6 Å². The number of quaternary nitrogens is 2. The van der Waals surface area contributed by atoms with E-state index in [1.165, 1.54) is 0 Å². The van der Waals surface area contributed by atoms with E-state index in [-0.39, 0.29) is 50.0 Å². The number of rotatable bonds is 0.